The van der Waals surface area contributed by atoms with Gasteiger partial charge in [-0.1, -0.05) is 49.0 Å². The largest absolute Gasteiger partial charge is 0.368 e. The average molecular weight is 461 g/mol. The lowest BCUT2D eigenvalue weighted by Gasteiger charge is -2.40. The number of nitrogens with one attached hydrogen (secondary N) is 1. The van der Waals surface area contributed by atoms with Crippen LogP contribution in [-0.2, 0) is 11.2 Å². The van der Waals surface area contributed by atoms with Gasteiger partial charge in [-0.2, -0.15) is 10.5 Å². The van der Waals surface area contributed by atoms with Crippen LogP contribution >= 0.6 is 11.8 Å². The lowest BCUT2D eigenvalue weighted by molar-refractivity contribution is -0.117. The van der Waals surface area contributed by atoms with Crippen molar-refractivity contribution >= 4 is 23.5 Å². The van der Waals surface area contributed by atoms with Crippen LogP contribution in [0.5, 0.6) is 0 Å². The molecule has 0 bridgehead atoms. The Balaban J connectivity index is 1.74. The first-order valence-electron chi connectivity index (χ1n) is 11.4. The van der Waals surface area contributed by atoms with E-state index < -0.39 is 11.2 Å². The SMILES string of the molecule is CCc1c(C#N)c(SC(C(N)=O)c2ccccc2)nc(N2CCC3(CCNC3)CC2)c1C#N. The third-order valence-electron chi connectivity index (χ3n) is 6.87. The Morgan fingerprint density at radius 2 is 1.91 bits per heavy atom. The summed E-state index contributed by atoms with van der Waals surface area (Å²) in [5.74, 6) is 0.127. The number of benzene rings is 1. The van der Waals surface area contributed by atoms with E-state index in [-0.39, 0.29) is 0 Å². The summed E-state index contributed by atoms with van der Waals surface area (Å²) in [6.45, 7) is 5.69. The Bertz CT molecular complexity index is 1100. The quantitative estimate of drug-likeness (QED) is 0.635. The van der Waals surface area contributed by atoms with Crippen molar-refractivity contribution in [2.75, 3.05) is 31.1 Å². The molecule has 1 atom stereocenters. The predicted octanol–water partition coefficient (Wildman–Crippen LogP) is 3.29. The Labute approximate surface area is 199 Å². The molecule has 1 amide bonds. The third kappa shape index (κ3) is 4.55. The molecule has 0 saturated carbocycles. The topological polar surface area (TPSA) is 119 Å². The first-order chi connectivity index (χ1) is 16.0. The highest BCUT2D eigenvalue weighted by Gasteiger charge is 2.38. The van der Waals surface area contributed by atoms with E-state index in [1.54, 1.807) is 0 Å². The van der Waals surface area contributed by atoms with Crippen molar-refractivity contribution in [3.05, 3.63) is 52.6 Å². The number of thioether (sulfide) groups is 1. The molecule has 2 aliphatic rings. The van der Waals surface area contributed by atoms with Gasteiger partial charge in [0.2, 0.25) is 5.91 Å². The van der Waals surface area contributed by atoms with E-state index in [4.69, 9.17) is 10.7 Å². The monoisotopic (exact) mass is 460 g/mol. The van der Waals surface area contributed by atoms with Gasteiger partial charge in [-0.15, -0.1) is 0 Å². The maximum absolute atomic E-state index is 12.3. The fourth-order valence-electron chi connectivity index (χ4n) is 4.94. The fourth-order valence-corrected chi connectivity index (χ4v) is 6.00. The number of piperidine rings is 1. The lowest BCUT2D eigenvalue weighted by Crippen LogP contribution is -2.42. The van der Waals surface area contributed by atoms with Gasteiger partial charge in [0.25, 0.3) is 0 Å². The number of carbonyl (C=O) groups excluding carboxylic acids is 1. The summed E-state index contributed by atoms with van der Waals surface area (Å²) in [5.41, 5.74) is 8.36. The maximum atomic E-state index is 12.3. The first-order valence-corrected chi connectivity index (χ1v) is 12.2. The van der Waals surface area contributed by atoms with Crippen molar-refractivity contribution in [3.8, 4) is 12.1 Å². The number of primary amides is 1. The minimum atomic E-state index is -0.675. The van der Waals surface area contributed by atoms with Crippen LogP contribution in [0.2, 0.25) is 0 Å². The van der Waals surface area contributed by atoms with Crippen molar-refractivity contribution in [2.24, 2.45) is 11.1 Å². The molecule has 1 spiro atoms. The number of nitrogens with two attached hydrogens (primary N) is 1. The predicted molar refractivity (Wildman–Crippen MR) is 129 cm³/mol. The van der Waals surface area contributed by atoms with Crippen LogP contribution in [-0.4, -0.2) is 37.1 Å². The van der Waals surface area contributed by atoms with E-state index in [0.717, 1.165) is 44.6 Å². The van der Waals surface area contributed by atoms with Crippen LogP contribution in [0.3, 0.4) is 0 Å². The van der Waals surface area contributed by atoms with Crippen molar-refractivity contribution < 1.29 is 4.79 Å². The van der Waals surface area contributed by atoms with Gasteiger partial charge in [-0.3, -0.25) is 4.79 Å². The van der Waals surface area contributed by atoms with Crippen molar-refractivity contribution in [1.82, 2.24) is 10.3 Å². The number of nitrogens with zero attached hydrogens (tertiary/aromatic N) is 4. The summed E-state index contributed by atoms with van der Waals surface area (Å²) >= 11 is 1.19. The number of aromatic nitrogens is 1. The molecule has 2 saturated heterocycles. The average Bonchev–Trinajstić information content (AvgIpc) is 3.30. The van der Waals surface area contributed by atoms with E-state index >= 15 is 0 Å². The van der Waals surface area contributed by atoms with Gasteiger partial charge in [0.15, 0.2) is 0 Å². The summed E-state index contributed by atoms with van der Waals surface area (Å²) in [6.07, 6.45) is 3.81. The van der Waals surface area contributed by atoms with Crippen LogP contribution in [0, 0.1) is 28.1 Å². The van der Waals surface area contributed by atoms with Crippen molar-refractivity contribution in [2.45, 2.75) is 42.9 Å². The summed E-state index contributed by atoms with van der Waals surface area (Å²) in [7, 11) is 0. The number of carbonyl (C=O) groups is 1. The highest BCUT2D eigenvalue weighted by atomic mass is 32.2. The lowest BCUT2D eigenvalue weighted by atomic mass is 9.78. The molecule has 4 rings (SSSR count). The number of pyridine rings is 1. The van der Waals surface area contributed by atoms with E-state index in [2.05, 4.69) is 22.4 Å². The highest BCUT2D eigenvalue weighted by molar-refractivity contribution is 8.00. The molecule has 2 aliphatic heterocycles. The van der Waals surface area contributed by atoms with E-state index in [1.165, 1.54) is 18.2 Å². The summed E-state index contributed by atoms with van der Waals surface area (Å²) in [4.78, 5) is 19.3. The standard InChI is InChI=1S/C25H28N6OS/c1-2-18-19(14-26)23(31-12-9-25(10-13-31)8-11-29-16-25)30-24(20(18)15-27)33-21(22(28)32)17-6-4-3-5-7-17/h3-7,21,29H,2,8-13,16H2,1H3,(H2,28,32). The van der Waals surface area contributed by atoms with Gasteiger partial charge >= 0.3 is 0 Å². The Kier molecular flexibility index (Phi) is 6.88. The number of anilines is 1. The maximum Gasteiger partial charge on any atom is 0.235 e. The zero-order chi connectivity index (χ0) is 23.4. The van der Waals surface area contributed by atoms with Gasteiger partial charge in [0.1, 0.15) is 28.2 Å². The summed E-state index contributed by atoms with van der Waals surface area (Å²) < 4.78 is 0. The van der Waals surface area contributed by atoms with Crippen LogP contribution in [0.15, 0.2) is 35.4 Å². The van der Waals surface area contributed by atoms with Crippen LogP contribution in [0.25, 0.3) is 0 Å². The molecule has 8 heteroatoms. The second kappa shape index (κ2) is 9.82. The Hall–Kier alpha value is -3.07. The zero-order valence-electron chi connectivity index (χ0n) is 18.8. The van der Waals surface area contributed by atoms with Gasteiger partial charge in [-0.05, 0) is 48.8 Å². The first kappa shape index (κ1) is 23.1. The molecule has 0 aliphatic carbocycles. The third-order valence-corrected chi connectivity index (χ3v) is 8.13. The Morgan fingerprint density at radius 1 is 1.21 bits per heavy atom. The van der Waals surface area contributed by atoms with Crippen molar-refractivity contribution in [3.63, 3.8) is 0 Å². The van der Waals surface area contributed by atoms with Crippen LogP contribution < -0.4 is 16.0 Å². The van der Waals surface area contributed by atoms with Gasteiger partial charge in [0.05, 0.1) is 11.1 Å². The van der Waals surface area contributed by atoms with Crippen molar-refractivity contribution in [1.29, 1.82) is 10.5 Å². The molecule has 33 heavy (non-hydrogen) atoms. The number of rotatable bonds is 6. The molecule has 170 valence electrons. The molecule has 2 fully saturated rings. The molecule has 0 radical (unpaired) electrons. The molecular weight excluding hydrogens is 432 g/mol. The van der Waals surface area contributed by atoms with Gasteiger partial charge in [-0.25, -0.2) is 4.98 Å². The number of amides is 1. The summed E-state index contributed by atoms with van der Waals surface area (Å²) in [6, 6.07) is 13.8. The molecule has 3 N–H and O–H groups in total. The van der Waals surface area contributed by atoms with Gasteiger partial charge in [0, 0.05) is 19.6 Å². The normalized spacial score (nSPS) is 18.0. The number of hydrogen-bond donors (Lipinski definition) is 2. The molecule has 7 nitrogen and oxygen atoms in total. The fraction of sp³-hybridized carbons (Fsp3) is 0.440. The summed E-state index contributed by atoms with van der Waals surface area (Å²) in [5, 5.41) is 23.2. The van der Waals surface area contributed by atoms with E-state index in [0.29, 0.717) is 39.4 Å². The van der Waals surface area contributed by atoms with Crippen LogP contribution in [0.1, 0.15) is 53.7 Å². The molecule has 3 heterocycles. The number of nitriles is 2. The van der Waals surface area contributed by atoms with E-state index in [1.807, 2.05) is 37.3 Å². The zero-order valence-corrected chi connectivity index (χ0v) is 19.6. The second-order valence-electron chi connectivity index (χ2n) is 8.77. The minimum absolute atomic E-state index is 0.339. The molecule has 1 aromatic carbocycles. The molecule has 2 aromatic rings. The van der Waals surface area contributed by atoms with Crippen LogP contribution in [0.4, 0.5) is 5.82 Å². The number of hydrogen-bond acceptors (Lipinski definition) is 7. The smallest absolute Gasteiger partial charge is 0.235 e. The highest BCUT2D eigenvalue weighted by Crippen LogP contribution is 2.42. The Morgan fingerprint density at radius 3 is 2.45 bits per heavy atom. The molecule has 1 aromatic heterocycles. The molecular formula is C25H28N6OS. The van der Waals surface area contributed by atoms with Gasteiger partial charge < -0.3 is 16.0 Å². The van der Waals surface area contributed by atoms with E-state index in [9.17, 15) is 15.3 Å². The minimum Gasteiger partial charge on any atom is -0.368 e. The molecule has 1 unspecified atom stereocenters. The second-order valence-corrected chi connectivity index (χ2v) is 9.86.